The lowest BCUT2D eigenvalue weighted by Crippen LogP contribution is -2.13. The topological polar surface area (TPSA) is 47.1 Å². The van der Waals surface area contributed by atoms with Crippen LogP contribution in [0, 0.1) is 5.82 Å². The molecule has 3 rings (SSSR count). The summed E-state index contributed by atoms with van der Waals surface area (Å²) in [6.45, 7) is 0. The summed E-state index contributed by atoms with van der Waals surface area (Å²) in [6, 6.07) is 10.9. The molecule has 0 saturated carbocycles. The average Bonchev–Trinajstić information content (AvgIpc) is 2.74. The Kier molecular flexibility index (Phi) is 3.33. The predicted molar refractivity (Wildman–Crippen MR) is 87.5 cm³/mol. The minimum absolute atomic E-state index is 0.330. The van der Waals surface area contributed by atoms with E-state index in [2.05, 4.69) is 20.9 Å². The van der Waals surface area contributed by atoms with Crippen LogP contribution in [0.1, 0.15) is 0 Å². The van der Waals surface area contributed by atoms with Gasteiger partial charge in [-0.05, 0) is 34.1 Å². The molecule has 3 aromatic rings. The van der Waals surface area contributed by atoms with E-state index in [9.17, 15) is 4.39 Å². The van der Waals surface area contributed by atoms with Gasteiger partial charge >= 0.3 is 0 Å². The van der Waals surface area contributed by atoms with E-state index in [4.69, 9.17) is 5.73 Å². The number of rotatable bonds is 2. The maximum absolute atomic E-state index is 13.7. The number of imidazole rings is 1. The second-order valence-electron chi connectivity index (χ2n) is 4.94. The van der Waals surface area contributed by atoms with Crippen LogP contribution in [-0.2, 0) is 0 Å². The molecule has 0 aliphatic carbocycles. The molecule has 108 valence electrons. The van der Waals surface area contributed by atoms with Gasteiger partial charge in [0.2, 0.25) is 5.95 Å². The molecule has 0 radical (unpaired) electrons. The first kappa shape index (κ1) is 13.9. The zero-order chi connectivity index (χ0) is 15.1. The molecule has 2 N–H and O–H groups in total. The van der Waals surface area contributed by atoms with Gasteiger partial charge in [-0.1, -0.05) is 12.1 Å². The van der Waals surface area contributed by atoms with E-state index in [0.29, 0.717) is 15.9 Å². The number of nitrogen functional groups attached to an aromatic ring is 1. The van der Waals surface area contributed by atoms with Crippen molar-refractivity contribution in [3.05, 3.63) is 46.7 Å². The highest BCUT2D eigenvalue weighted by Gasteiger charge is 2.15. The largest absolute Gasteiger partial charge is 0.376 e. The summed E-state index contributed by atoms with van der Waals surface area (Å²) in [5.74, 6) is -0.0233. The van der Waals surface area contributed by atoms with Crippen molar-refractivity contribution < 1.29 is 4.39 Å². The van der Waals surface area contributed by atoms with Crippen LogP contribution >= 0.6 is 15.9 Å². The van der Waals surface area contributed by atoms with Crippen molar-refractivity contribution in [1.29, 1.82) is 0 Å². The van der Waals surface area contributed by atoms with E-state index in [1.54, 1.807) is 6.07 Å². The number of nitrogens with zero attached hydrogens (tertiary/aromatic N) is 3. The number of nitrogens with two attached hydrogens (primary N) is 1. The number of aromatic nitrogens is 2. The third-order valence-electron chi connectivity index (χ3n) is 3.33. The van der Waals surface area contributed by atoms with Gasteiger partial charge in [0.25, 0.3) is 0 Å². The number of para-hydroxylation sites is 2. The van der Waals surface area contributed by atoms with Gasteiger partial charge in [0.05, 0.1) is 26.9 Å². The molecule has 0 amide bonds. The van der Waals surface area contributed by atoms with E-state index in [1.807, 2.05) is 47.8 Å². The third-order valence-corrected chi connectivity index (χ3v) is 3.93. The van der Waals surface area contributed by atoms with Crippen LogP contribution in [0.15, 0.2) is 40.9 Å². The predicted octanol–water partition coefficient (Wildman–Crippen LogP) is 3.58. The maximum Gasteiger partial charge on any atom is 0.206 e. The molecule has 0 unspecified atom stereocenters. The number of anilines is 2. The SMILES string of the molecule is CN(C)c1ccccc1-n1c(N)nc2cc(F)c(Br)cc21. The molecule has 4 nitrogen and oxygen atoms in total. The number of fused-ring (bicyclic) bond motifs is 1. The molecular formula is C15H14BrFN4. The molecule has 0 spiro atoms. The Labute approximate surface area is 130 Å². The van der Waals surface area contributed by atoms with Crippen LogP contribution in [0.25, 0.3) is 16.7 Å². The molecule has 6 heteroatoms. The van der Waals surface area contributed by atoms with Crippen molar-refractivity contribution in [2.24, 2.45) is 0 Å². The summed E-state index contributed by atoms with van der Waals surface area (Å²) in [4.78, 5) is 6.25. The monoisotopic (exact) mass is 348 g/mol. The lowest BCUT2D eigenvalue weighted by Gasteiger charge is -2.18. The quantitative estimate of drug-likeness (QED) is 0.769. The first-order valence-corrected chi connectivity index (χ1v) is 7.18. The molecule has 0 aliphatic heterocycles. The van der Waals surface area contributed by atoms with E-state index < -0.39 is 0 Å². The van der Waals surface area contributed by atoms with Crippen molar-refractivity contribution >= 4 is 38.6 Å². The molecule has 0 aliphatic rings. The smallest absolute Gasteiger partial charge is 0.206 e. The fourth-order valence-electron chi connectivity index (χ4n) is 2.38. The molecule has 1 aromatic heterocycles. The van der Waals surface area contributed by atoms with Crippen LogP contribution in [0.4, 0.5) is 16.0 Å². The van der Waals surface area contributed by atoms with Crippen LogP contribution in [0.2, 0.25) is 0 Å². The molecule has 0 bridgehead atoms. The lowest BCUT2D eigenvalue weighted by molar-refractivity contribution is 0.623. The molecule has 21 heavy (non-hydrogen) atoms. The first-order valence-electron chi connectivity index (χ1n) is 6.38. The summed E-state index contributed by atoms with van der Waals surface area (Å²) in [5.41, 5.74) is 9.25. The van der Waals surface area contributed by atoms with Gasteiger partial charge in [-0.25, -0.2) is 9.37 Å². The van der Waals surface area contributed by atoms with Crippen molar-refractivity contribution in [3.63, 3.8) is 0 Å². The number of hydrogen-bond acceptors (Lipinski definition) is 3. The molecule has 0 fully saturated rings. The zero-order valence-corrected chi connectivity index (χ0v) is 13.2. The van der Waals surface area contributed by atoms with Crippen LogP contribution in [0.5, 0.6) is 0 Å². The highest BCUT2D eigenvalue weighted by Crippen LogP contribution is 2.31. The Morgan fingerprint density at radius 2 is 1.95 bits per heavy atom. The number of benzene rings is 2. The first-order chi connectivity index (χ1) is 9.99. The van der Waals surface area contributed by atoms with Gasteiger partial charge in [0, 0.05) is 20.2 Å². The zero-order valence-electron chi connectivity index (χ0n) is 11.6. The van der Waals surface area contributed by atoms with Crippen LogP contribution in [-0.4, -0.2) is 23.6 Å². The van der Waals surface area contributed by atoms with Crippen molar-refractivity contribution in [3.8, 4) is 5.69 Å². The van der Waals surface area contributed by atoms with E-state index in [1.165, 1.54) is 6.07 Å². The molecular weight excluding hydrogens is 335 g/mol. The van der Waals surface area contributed by atoms with Crippen LogP contribution in [0.3, 0.4) is 0 Å². The van der Waals surface area contributed by atoms with Gasteiger partial charge in [-0.15, -0.1) is 0 Å². The highest BCUT2D eigenvalue weighted by atomic mass is 79.9. The second-order valence-corrected chi connectivity index (χ2v) is 5.80. The Balaban J connectivity index is 2.35. The molecule has 0 saturated heterocycles. The fourth-order valence-corrected chi connectivity index (χ4v) is 2.71. The normalized spacial score (nSPS) is 11.0. The van der Waals surface area contributed by atoms with Gasteiger partial charge < -0.3 is 10.6 Å². The highest BCUT2D eigenvalue weighted by molar-refractivity contribution is 9.10. The Morgan fingerprint density at radius 1 is 1.24 bits per heavy atom. The van der Waals surface area contributed by atoms with Gasteiger partial charge in [0.1, 0.15) is 5.82 Å². The van der Waals surface area contributed by atoms with Crippen molar-refractivity contribution in [2.45, 2.75) is 0 Å². The Bertz CT molecular complexity index is 826. The average molecular weight is 349 g/mol. The summed E-state index contributed by atoms with van der Waals surface area (Å²) in [7, 11) is 3.92. The van der Waals surface area contributed by atoms with Crippen LogP contribution < -0.4 is 10.6 Å². The summed E-state index contributed by atoms with van der Waals surface area (Å²) in [5, 5.41) is 0. The van der Waals surface area contributed by atoms with Gasteiger partial charge in [-0.3, -0.25) is 4.57 Å². The standard InChI is InChI=1S/C15H14BrFN4/c1-20(2)12-5-3-4-6-13(12)21-14-7-9(16)10(17)8-11(14)19-15(21)18/h3-8H,1-2H3,(H2,18,19). The fraction of sp³-hybridized carbons (Fsp3) is 0.133. The molecule has 1 heterocycles. The molecule has 0 atom stereocenters. The number of halogens is 2. The summed E-state index contributed by atoms with van der Waals surface area (Å²) < 4.78 is 15.9. The minimum atomic E-state index is -0.354. The summed E-state index contributed by atoms with van der Waals surface area (Å²) in [6.07, 6.45) is 0. The number of hydrogen-bond donors (Lipinski definition) is 1. The summed E-state index contributed by atoms with van der Waals surface area (Å²) >= 11 is 3.21. The van der Waals surface area contributed by atoms with E-state index >= 15 is 0 Å². The van der Waals surface area contributed by atoms with E-state index in [0.717, 1.165) is 16.9 Å². The van der Waals surface area contributed by atoms with E-state index in [-0.39, 0.29) is 5.82 Å². The van der Waals surface area contributed by atoms with Crippen molar-refractivity contribution in [2.75, 3.05) is 24.7 Å². The Hall–Kier alpha value is -2.08. The second kappa shape index (κ2) is 5.04. The maximum atomic E-state index is 13.7. The van der Waals surface area contributed by atoms with Gasteiger partial charge in [-0.2, -0.15) is 0 Å². The van der Waals surface area contributed by atoms with Gasteiger partial charge in [0.15, 0.2) is 0 Å². The Morgan fingerprint density at radius 3 is 2.67 bits per heavy atom. The third kappa shape index (κ3) is 2.25. The molecule has 2 aromatic carbocycles. The van der Waals surface area contributed by atoms with Crippen molar-refractivity contribution in [1.82, 2.24) is 9.55 Å². The lowest BCUT2D eigenvalue weighted by atomic mass is 10.2. The minimum Gasteiger partial charge on any atom is -0.376 e.